The minimum atomic E-state index is -0.719. The quantitative estimate of drug-likeness (QED) is 0.706. The van der Waals surface area contributed by atoms with Gasteiger partial charge in [-0.25, -0.2) is 8.78 Å². The molecule has 20 heavy (non-hydrogen) atoms. The molecule has 1 aromatic carbocycles. The van der Waals surface area contributed by atoms with Crippen molar-refractivity contribution < 1.29 is 18.3 Å². The monoisotopic (exact) mass is 287 g/mol. The van der Waals surface area contributed by atoms with Crippen LogP contribution in [0.3, 0.4) is 0 Å². The summed E-state index contributed by atoms with van der Waals surface area (Å²) in [6, 6.07) is 3.17. The SMILES string of the molecule is CCCNC(c1c(F)cccc1F)C(OCC)OCC. The molecule has 0 radical (unpaired) electrons. The van der Waals surface area contributed by atoms with Gasteiger partial charge in [0.1, 0.15) is 11.6 Å². The second kappa shape index (κ2) is 9.00. The third kappa shape index (κ3) is 4.51. The number of nitrogens with one attached hydrogen (secondary N) is 1. The Morgan fingerprint density at radius 1 is 1.05 bits per heavy atom. The summed E-state index contributed by atoms with van der Waals surface area (Å²) in [5.74, 6) is -1.19. The van der Waals surface area contributed by atoms with Crippen molar-refractivity contribution in [2.24, 2.45) is 0 Å². The Balaban J connectivity index is 3.08. The molecule has 5 heteroatoms. The standard InChI is InChI=1S/C15H23F2NO2/c1-4-10-18-14(15(19-5-2)20-6-3)13-11(16)8-7-9-12(13)17/h7-9,14-15,18H,4-6,10H2,1-3H3. The van der Waals surface area contributed by atoms with Crippen LogP contribution >= 0.6 is 0 Å². The van der Waals surface area contributed by atoms with E-state index in [9.17, 15) is 8.78 Å². The summed E-state index contributed by atoms with van der Waals surface area (Å²) in [5.41, 5.74) is -0.0344. The fraction of sp³-hybridized carbons (Fsp3) is 0.600. The van der Waals surface area contributed by atoms with E-state index in [1.54, 1.807) is 0 Å². The van der Waals surface area contributed by atoms with Gasteiger partial charge in [-0.2, -0.15) is 0 Å². The summed E-state index contributed by atoms with van der Waals surface area (Å²) in [5, 5.41) is 3.11. The molecule has 1 rings (SSSR count). The Labute approximate surface area is 119 Å². The minimum absolute atomic E-state index is 0.0344. The average Bonchev–Trinajstić information content (AvgIpc) is 2.42. The molecular weight excluding hydrogens is 264 g/mol. The molecule has 0 saturated heterocycles. The molecule has 114 valence electrons. The maximum absolute atomic E-state index is 14.0. The van der Waals surface area contributed by atoms with Crippen LogP contribution in [0.15, 0.2) is 18.2 Å². The highest BCUT2D eigenvalue weighted by Crippen LogP contribution is 2.26. The van der Waals surface area contributed by atoms with Crippen LogP contribution in [0, 0.1) is 11.6 Å². The van der Waals surface area contributed by atoms with Crippen LogP contribution in [0.1, 0.15) is 38.8 Å². The van der Waals surface area contributed by atoms with Crippen molar-refractivity contribution in [1.82, 2.24) is 5.32 Å². The molecule has 0 fully saturated rings. The van der Waals surface area contributed by atoms with Gasteiger partial charge in [0.25, 0.3) is 0 Å². The molecule has 0 amide bonds. The van der Waals surface area contributed by atoms with Gasteiger partial charge < -0.3 is 14.8 Å². The van der Waals surface area contributed by atoms with Crippen LogP contribution in [0.2, 0.25) is 0 Å². The third-order valence-corrected chi connectivity index (χ3v) is 2.86. The minimum Gasteiger partial charge on any atom is -0.351 e. The van der Waals surface area contributed by atoms with Crippen molar-refractivity contribution in [1.29, 1.82) is 0 Å². The van der Waals surface area contributed by atoms with Crippen LogP contribution in [0.25, 0.3) is 0 Å². The first-order valence-electron chi connectivity index (χ1n) is 7.06. The van der Waals surface area contributed by atoms with E-state index in [0.717, 1.165) is 6.42 Å². The largest absolute Gasteiger partial charge is 0.351 e. The smallest absolute Gasteiger partial charge is 0.177 e. The van der Waals surface area contributed by atoms with Crippen LogP contribution in [0.4, 0.5) is 8.78 Å². The number of halogens is 2. The normalized spacial score (nSPS) is 12.9. The zero-order chi connectivity index (χ0) is 15.0. The summed E-state index contributed by atoms with van der Waals surface area (Å²) in [7, 11) is 0. The first-order valence-corrected chi connectivity index (χ1v) is 7.06. The van der Waals surface area contributed by atoms with Crippen LogP contribution in [-0.2, 0) is 9.47 Å². The van der Waals surface area contributed by atoms with Crippen molar-refractivity contribution >= 4 is 0 Å². The molecule has 0 spiro atoms. The Morgan fingerprint density at radius 2 is 1.60 bits per heavy atom. The van der Waals surface area contributed by atoms with Crippen molar-refractivity contribution in [3.05, 3.63) is 35.4 Å². The van der Waals surface area contributed by atoms with Crippen LogP contribution in [-0.4, -0.2) is 26.0 Å². The molecule has 0 aliphatic heterocycles. The van der Waals surface area contributed by atoms with Gasteiger partial charge in [-0.15, -0.1) is 0 Å². The Hall–Kier alpha value is -1.04. The highest BCUT2D eigenvalue weighted by atomic mass is 19.1. The van der Waals surface area contributed by atoms with Gasteiger partial charge >= 0.3 is 0 Å². The fourth-order valence-corrected chi connectivity index (χ4v) is 2.01. The molecule has 0 aliphatic rings. The summed E-state index contributed by atoms with van der Waals surface area (Å²) in [6.07, 6.45) is 0.125. The van der Waals surface area contributed by atoms with Crippen molar-refractivity contribution in [2.75, 3.05) is 19.8 Å². The maximum atomic E-state index is 14.0. The lowest BCUT2D eigenvalue weighted by molar-refractivity contribution is -0.156. The van der Waals surface area contributed by atoms with Gasteiger partial charge in [-0.05, 0) is 38.9 Å². The Bertz CT molecular complexity index is 375. The molecular formula is C15H23F2NO2. The highest BCUT2D eigenvalue weighted by molar-refractivity contribution is 5.24. The number of hydrogen-bond acceptors (Lipinski definition) is 3. The topological polar surface area (TPSA) is 30.5 Å². The van der Waals surface area contributed by atoms with Gasteiger partial charge in [-0.1, -0.05) is 13.0 Å². The van der Waals surface area contributed by atoms with E-state index in [2.05, 4.69) is 5.32 Å². The summed E-state index contributed by atoms with van der Waals surface area (Å²) >= 11 is 0. The second-order valence-corrected chi connectivity index (χ2v) is 4.35. The molecule has 0 aromatic heterocycles. The lowest BCUT2D eigenvalue weighted by atomic mass is 10.0. The molecule has 1 aromatic rings. The number of hydrogen-bond donors (Lipinski definition) is 1. The Morgan fingerprint density at radius 3 is 2.05 bits per heavy atom. The molecule has 1 atom stereocenters. The molecule has 0 bridgehead atoms. The predicted molar refractivity (Wildman–Crippen MR) is 74.4 cm³/mol. The van der Waals surface area contributed by atoms with Gasteiger partial charge in [-0.3, -0.25) is 0 Å². The van der Waals surface area contributed by atoms with Gasteiger partial charge in [0.05, 0.1) is 6.04 Å². The van der Waals surface area contributed by atoms with E-state index < -0.39 is 24.0 Å². The molecule has 3 nitrogen and oxygen atoms in total. The highest BCUT2D eigenvalue weighted by Gasteiger charge is 2.28. The van der Waals surface area contributed by atoms with Crippen LogP contribution < -0.4 is 5.32 Å². The van der Waals surface area contributed by atoms with E-state index in [0.29, 0.717) is 19.8 Å². The van der Waals surface area contributed by atoms with Gasteiger partial charge in [0.2, 0.25) is 0 Å². The zero-order valence-corrected chi connectivity index (χ0v) is 12.3. The average molecular weight is 287 g/mol. The van der Waals surface area contributed by atoms with E-state index in [-0.39, 0.29) is 5.56 Å². The number of benzene rings is 1. The van der Waals surface area contributed by atoms with Crippen LogP contribution in [0.5, 0.6) is 0 Å². The van der Waals surface area contributed by atoms with Crippen molar-refractivity contribution in [3.63, 3.8) is 0 Å². The van der Waals surface area contributed by atoms with Crippen molar-refractivity contribution in [3.8, 4) is 0 Å². The lowest BCUT2D eigenvalue weighted by Crippen LogP contribution is -2.37. The predicted octanol–water partition coefficient (Wildman–Crippen LogP) is 3.40. The summed E-state index contributed by atoms with van der Waals surface area (Å²) < 4.78 is 38.9. The molecule has 1 unspecified atom stereocenters. The second-order valence-electron chi connectivity index (χ2n) is 4.35. The van der Waals surface area contributed by atoms with E-state index in [1.807, 2.05) is 20.8 Å². The van der Waals surface area contributed by atoms with E-state index in [1.165, 1.54) is 18.2 Å². The molecule has 0 saturated carbocycles. The first-order chi connectivity index (χ1) is 9.65. The maximum Gasteiger partial charge on any atom is 0.177 e. The number of ether oxygens (including phenoxy) is 2. The van der Waals surface area contributed by atoms with Gasteiger partial charge in [0.15, 0.2) is 6.29 Å². The zero-order valence-electron chi connectivity index (χ0n) is 12.3. The van der Waals surface area contributed by atoms with E-state index >= 15 is 0 Å². The lowest BCUT2D eigenvalue weighted by Gasteiger charge is -2.28. The molecule has 0 heterocycles. The summed E-state index contributed by atoms with van der Waals surface area (Å²) in [6.45, 7) is 7.06. The molecule has 1 N–H and O–H groups in total. The van der Waals surface area contributed by atoms with Crippen molar-refractivity contribution in [2.45, 2.75) is 39.5 Å². The van der Waals surface area contributed by atoms with Gasteiger partial charge in [0, 0.05) is 18.8 Å². The Kier molecular flexibility index (Phi) is 7.65. The summed E-state index contributed by atoms with van der Waals surface area (Å²) in [4.78, 5) is 0. The molecule has 0 aliphatic carbocycles. The number of rotatable bonds is 9. The fourth-order valence-electron chi connectivity index (χ4n) is 2.01. The van der Waals surface area contributed by atoms with E-state index in [4.69, 9.17) is 9.47 Å². The first kappa shape index (κ1) is 17.0. The third-order valence-electron chi connectivity index (χ3n) is 2.86.